The summed E-state index contributed by atoms with van der Waals surface area (Å²) in [5, 5.41) is 16.7. The third-order valence-corrected chi connectivity index (χ3v) is 4.43. The van der Waals surface area contributed by atoms with E-state index in [4.69, 9.17) is 4.74 Å². The molecule has 0 aliphatic carbocycles. The third-order valence-electron chi connectivity index (χ3n) is 4.43. The van der Waals surface area contributed by atoms with Crippen LogP contribution in [0.15, 0.2) is 60.1 Å². The number of nitrogens with zero attached hydrogens (tertiary/aromatic N) is 4. The van der Waals surface area contributed by atoms with Gasteiger partial charge in [0.2, 0.25) is 0 Å². The maximum absolute atomic E-state index is 5.87. The molecule has 0 spiro atoms. The van der Waals surface area contributed by atoms with E-state index in [1.807, 2.05) is 22.8 Å². The topological polar surface area (TPSA) is 76.4 Å². The fourth-order valence-corrected chi connectivity index (χ4v) is 2.91. The lowest BCUT2D eigenvalue weighted by atomic mass is 10.1. The van der Waals surface area contributed by atoms with E-state index in [1.165, 1.54) is 10.8 Å². The largest absolute Gasteiger partial charge is 0.494 e. The Balaban J connectivity index is 1.26. The second-order valence-corrected chi connectivity index (χ2v) is 6.54. The summed E-state index contributed by atoms with van der Waals surface area (Å²) in [5.41, 5.74) is 0. The zero-order chi connectivity index (χ0) is 19.4. The number of rotatable bonds is 10. The van der Waals surface area contributed by atoms with E-state index < -0.39 is 0 Å². The van der Waals surface area contributed by atoms with Crippen LogP contribution in [0.4, 0.5) is 0 Å². The first kappa shape index (κ1) is 19.7. The van der Waals surface area contributed by atoms with Crippen molar-refractivity contribution in [3.63, 3.8) is 0 Å². The molecule has 0 radical (unpaired) electrons. The first-order valence-electron chi connectivity index (χ1n) is 9.74. The lowest BCUT2D eigenvalue weighted by Crippen LogP contribution is -2.38. The van der Waals surface area contributed by atoms with Crippen LogP contribution in [0.3, 0.4) is 0 Å². The Bertz CT molecular complexity index is 862. The molecule has 0 saturated heterocycles. The number of aromatic nitrogens is 3. The van der Waals surface area contributed by atoms with Crippen LogP contribution in [-0.4, -0.2) is 47.5 Å². The van der Waals surface area contributed by atoms with Gasteiger partial charge in [-0.2, -0.15) is 0 Å². The van der Waals surface area contributed by atoms with Crippen molar-refractivity contribution in [2.45, 2.75) is 25.8 Å². The Hall–Kier alpha value is -3.09. The summed E-state index contributed by atoms with van der Waals surface area (Å²) in [4.78, 5) is 4.25. The van der Waals surface area contributed by atoms with Crippen LogP contribution < -0.4 is 15.4 Å². The summed E-state index contributed by atoms with van der Waals surface area (Å²) >= 11 is 0. The SMILES string of the molecule is CN=C(NCCCCn1cnnc1)NCCCOc1ccc2ccccc2c1. The number of unbranched alkanes of at least 4 members (excludes halogenated alkanes) is 1. The van der Waals surface area contributed by atoms with Gasteiger partial charge < -0.3 is 19.9 Å². The molecule has 3 aromatic rings. The molecule has 0 saturated carbocycles. The number of aryl methyl sites for hydroxylation is 1. The van der Waals surface area contributed by atoms with Crippen LogP contribution in [0.25, 0.3) is 10.8 Å². The van der Waals surface area contributed by atoms with Gasteiger partial charge >= 0.3 is 0 Å². The highest BCUT2D eigenvalue weighted by atomic mass is 16.5. The van der Waals surface area contributed by atoms with Gasteiger partial charge in [-0.1, -0.05) is 30.3 Å². The predicted octanol–water partition coefficient (Wildman–Crippen LogP) is 2.85. The number of aliphatic imine (C=N–C) groups is 1. The Morgan fingerprint density at radius 2 is 1.71 bits per heavy atom. The van der Waals surface area contributed by atoms with Crippen molar-refractivity contribution in [2.75, 3.05) is 26.7 Å². The molecule has 3 rings (SSSR count). The van der Waals surface area contributed by atoms with Gasteiger partial charge in [0.25, 0.3) is 0 Å². The molecular formula is C21H28N6O. The van der Waals surface area contributed by atoms with E-state index in [1.54, 1.807) is 19.7 Å². The standard InChI is InChI=1S/C21H28N6O/c1-22-21(23-11-4-5-13-27-16-25-26-17-27)24-12-6-14-28-20-10-9-18-7-2-3-8-19(18)15-20/h2-3,7-10,15-17H,4-6,11-14H2,1H3,(H2,22,23,24). The zero-order valence-corrected chi connectivity index (χ0v) is 16.3. The van der Waals surface area contributed by atoms with E-state index >= 15 is 0 Å². The lowest BCUT2D eigenvalue weighted by molar-refractivity contribution is 0.311. The van der Waals surface area contributed by atoms with E-state index in [-0.39, 0.29) is 0 Å². The average Bonchev–Trinajstić information content (AvgIpc) is 3.25. The molecule has 28 heavy (non-hydrogen) atoms. The Morgan fingerprint density at radius 1 is 0.964 bits per heavy atom. The highest BCUT2D eigenvalue weighted by Gasteiger charge is 1.99. The van der Waals surface area contributed by atoms with Crippen molar-refractivity contribution in [3.05, 3.63) is 55.1 Å². The lowest BCUT2D eigenvalue weighted by Gasteiger charge is -2.12. The molecule has 0 unspecified atom stereocenters. The van der Waals surface area contributed by atoms with Gasteiger partial charge in [0.15, 0.2) is 5.96 Å². The molecule has 0 amide bonds. The minimum absolute atomic E-state index is 0.668. The summed E-state index contributed by atoms with van der Waals surface area (Å²) in [7, 11) is 1.79. The highest BCUT2D eigenvalue weighted by Crippen LogP contribution is 2.20. The van der Waals surface area contributed by atoms with Gasteiger partial charge in [-0.15, -0.1) is 10.2 Å². The number of hydrogen-bond donors (Lipinski definition) is 2. The van der Waals surface area contributed by atoms with E-state index in [0.29, 0.717) is 6.61 Å². The van der Waals surface area contributed by atoms with E-state index in [9.17, 15) is 0 Å². The summed E-state index contributed by atoms with van der Waals surface area (Å²) in [6.45, 7) is 3.30. The molecule has 2 aromatic carbocycles. The second kappa shape index (κ2) is 10.9. The number of guanidine groups is 1. The maximum Gasteiger partial charge on any atom is 0.190 e. The summed E-state index contributed by atoms with van der Waals surface area (Å²) in [6, 6.07) is 14.5. The Kier molecular flexibility index (Phi) is 7.67. The van der Waals surface area contributed by atoms with E-state index in [0.717, 1.165) is 50.6 Å². The van der Waals surface area contributed by atoms with Crippen LogP contribution in [0.1, 0.15) is 19.3 Å². The molecule has 0 fully saturated rings. The Morgan fingerprint density at radius 3 is 2.50 bits per heavy atom. The van der Waals surface area contributed by atoms with E-state index in [2.05, 4.69) is 50.1 Å². The molecule has 2 N–H and O–H groups in total. The molecule has 7 heteroatoms. The van der Waals surface area contributed by atoms with Crippen molar-refractivity contribution < 1.29 is 4.74 Å². The Labute approximate surface area is 165 Å². The van der Waals surface area contributed by atoms with Gasteiger partial charge in [-0.05, 0) is 42.2 Å². The molecule has 0 aliphatic heterocycles. The molecule has 0 aliphatic rings. The zero-order valence-electron chi connectivity index (χ0n) is 16.3. The molecule has 7 nitrogen and oxygen atoms in total. The third kappa shape index (κ3) is 6.26. The molecule has 0 bridgehead atoms. The van der Waals surface area contributed by atoms with Crippen molar-refractivity contribution >= 4 is 16.7 Å². The minimum atomic E-state index is 0.668. The first-order chi connectivity index (χ1) is 13.8. The van der Waals surface area contributed by atoms with Gasteiger partial charge in [0.05, 0.1) is 6.61 Å². The van der Waals surface area contributed by atoms with Gasteiger partial charge in [0, 0.05) is 26.7 Å². The van der Waals surface area contributed by atoms with Gasteiger partial charge in [0.1, 0.15) is 18.4 Å². The molecule has 148 valence electrons. The van der Waals surface area contributed by atoms with Crippen molar-refractivity contribution in [3.8, 4) is 5.75 Å². The summed E-state index contributed by atoms with van der Waals surface area (Å²) in [5.74, 6) is 1.74. The van der Waals surface area contributed by atoms with Crippen LogP contribution in [0.2, 0.25) is 0 Å². The molecular weight excluding hydrogens is 352 g/mol. The highest BCUT2D eigenvalue weighted by molar-refractivity contribution is 5.83. The number of fused-ring (bicyclic) bond motifs is 1. The normalized spacial score (nSPS) is 11.5. The monoisotopic (exact) mass is 380 g/mol. The minimum Gasteiger partial charge on any atom is -0.494 e. The predicted molar refractivity (Wildman–Crippen MR) is 113 cm³/mol. The molecule has 0 atom stereocenters. The van der Waals surface area contributed by atoms with Crippen LogP contribution in [0.5, 0.6) is 5.75 Å². The number of ether oxygens (including phenoxy) is 1. The summed E-state index contributed by atoms with van der Waals surface area (Å²) < 4.78 is 7.85. The molecule has 1 heterocycles. The van der Waals surface area contributed by atoms with Gasteiger partial charge in [-0.3, -0.25) is 4.99 Å². The summed E-state index contributed by atoms with van der Waals surface area (Å²) in [6.07, 6.45) is 6.52. The number of benzene rings is 2. The first-order valence-corrected chi connectivity index (χ1v) is 9.74. The van der Waals surface area contributed by atoms with Crippen molar-refractivity contribution in [1.29, 1.82) is 0 Å². The fraction of sp³-hybridized carbons (Fsp3) is 0.381. The van der Waals surface area contributed by atoms with Crippen LogP contribution in [0, 0.1) is 0 Å². The number of nitrogens with one attached hydrogen (secondary N) is 2. The van der Waals surface area contributed by atoms with Crippen molar-refractivity contribution in [1.82, 2.24) is 25.4 Å². The van der Waals surface area contributed by atoms with Crippen LogP contribution >= 0.6 is 0 Å². The smallest absolute Gasteiger partial charge is 0.190 e. The van der Waals surface area contributed by atoms with Crippen LogP contribution in [-0.2, 0) is 6.54 Å². The quantitative estimate of drug-likeness (QED) is 0.321. The molecule has 1 aromatic heterocycles. The fourth-order valence-electron chi connectivity index (χ4n) is 2.91. The number of hydrogen-bond acceptors (Lipinski definition) is 4. The maximum atomic E-state index is 5.87. The van der Waals surface area contributed by atoms with Gasteiger partial charge in [-0.25, -0.2) is 0 Å². The van der Waals surface area contributed by atoms with Crippen molar-refractivity contribution in [2.24, 2.45) is 4.99 Å². The average molecular weight is 380 g/mol. The second-order valence-electron chi connectivity index (χ2n) is 6.54.